The van der Waals surface area contributed by atoms with E-state index in [0.29, 0.717) is 0 Å². The van der Waals surface area contributed by atoms with E-state index in [1.165, 1.54) is 18.2 Å². The quantitative estimate of drug-likeness (QED) is 0.655. The Hall–Kier alpha value is -1.36. The standard InChI is InChI=1S/C8H6F2N2O.ClH/c9-8(10)6-4(11)2-1-3-5(6)12-7(8)13;/h1-3H,11H2,(H,12,13);1H. The number of hydrogen-bond acceptors (Lipinski definition) is 2. The number of amides is 1. The van der Waals surface area contributed by atoms with Crippen LogP contribution in [0.2, 0.25) is 0 Å². The van der Waals surface area contributed by atoms with E-state index >= 15 is 0 Å². The Balaban J connectivity index is 0.000000980. The molecular formula is C8H7ClF2N2O. The molecule has 1 aliphatic heterocycles. The van der Waals surface area contributed by atoms with Crippen molar-refractivity contribution in [1.82, 2.24) is 0 Å². The summed E-state index contributed by atoms with van der Waals surface area (Å²) in [6.45, 7) is 0. The van der Waals surface area contributed by atoms with Gasteiger partial charge >= 0.3 is 5.92 Å². The third-order valence-electron chi connectivity index (χ3n) is 1.94. The average molecular weight is 221 g/mol. The van der Waals surface area contributed by atoms with E-state index in [1.54, 1.807) is 0 Å². The molecule has 0 saturated carbocycles. The number of nitrogen functional groups attached to an aromatic ring is 1. The number of halogens is 3. The van der Waals surface area contributed by atoms with E-state index in [4.69, 9.17) is 5.73 Å². The first kappa shape index (κ1) is 10.7. The van der Waals surface area contributed by atoms with Crippen LogP contribution in [0.25, 0.3) is 0 Å². The maximum Gasteiger partial charge on any atom is 0.354 e. The van der Waals surface area contributed by atoms with Crippen LogP contribution in [0.4, 0.5) is 20.2 Å². The van der Waals surface area contributed by atoms with Gasteiger partial charge in [0.25, 0.3) is 5.91 Å². The highest BCUT2D eigenvalue weighted by Crippen LogP contribution is 2.43. The molecule has 0 fully saturated rings. The Morgan fingerprint density at radius 1 is 1.36 bits per heavy atom. The topological polar surface area (TPSA) is 55.1 Å². The Labute approximate surface area is 84.7 Å². The van der Waals surface area contributed by atoms with Crippen LogP contribution >= 0.6 is 12.4 Å². The summed E-state index contributed by atoms with van der Waals surface area (Å²) in [5.41, 5.74) is 4.94. The molecule has 1 heterocycles. The first-order valence-electron chi connectivity index (χ1n) is 3.61. The van der Waals surface area contributed by atoms with Crippen LogP contribution in [0.5, 0.6) is 0 Å². The average Bonchev–Trinajstić information content (AvgIpc) is 2.24. The minimum Gasteiger partial charge on any atom is -0.398 e. The largest absolute Gasteiger partial charge is 0.398 e. The number of rotatable bonds is 0. The molecule has 0 unspecified atom stereocenters. The Morgan fingerprint density at radius 2 is 2.00 bits per heavy atom. The summed E-state index contributed by atoms with van der Waals surface area (Å²) in [7, 11) is 0. The van der Waals surface area contributed by atoms with Crippen LogP contribution in [0.15, 0.2) is 18.2 Å². The highest BCUT2D eigenvalue weighted by atomic mass is 35.5. The van der Waals surface area contributed by atoms with E-state index < -0.39 is 17.4 Å². The van der Waals surface area contributed by atoms with Crippen LogP contribution in [0.3, 0.4) is 0 Å². The summed E-state index contributed by atoms with van der Waals surface area (Å²) in [4.78, 5) is 10.8. The number of alkyl halides is 2. The molecule has 14 heavy (non-hydrogen) atoms. The van der Waals surface area contributed by atoms with Gasteiger partial charge in [-0.15, -0.1) is 12.4 Å². The highest BCUT2D eigenvalue weighted by Gasteiger charge is 2.49. The number of carbonyl (C=O) groups is 1. The van der Waals surface area contributed by atoms with E-state index in [9.17, 15) is 13.6 Å². The van der Waals surface area contributed by atoms with Crippen molar-refractivity contribution in [2.75, 3.05) is 11.1 Å². The molecule has 0 bridgehead atoms. The molecule has 1 amide bonds. The zero-order valence-corrected chi connectivity index (χ0v) is 7.70. The lowest BCUT2D eigenvalue weighted by Crippen LogP contribution is -2.24. The van der Waals surface area contributed by atoms with E-state index in [2.05, 4.69) is 5.32 Å². The predicted molar refractivity (Wildman–Crippen MR) is 50.6 cm³/mol. The van der Waals surface area contributed by atoms with Crippen molar-refractivity contribution >= 4 is 29.7 Å². The van der Waals surface area contributed by atoms with Crippen molar-refractivity contribution in [3.63, 3.8) is 0 Å². The normalized spacial score (nSPS) is 16.9. The minimum absolute atomic E-state index is 0. The maximum atomic E-state index is 13.1. The predicted octanol–water partition coefficient (Wildman–Crippen LogP) is 1.73. The van der Waals surface area contributed by atoms with Crippen molar-refractivity contribution in [1.29, 1.82) is 0 Å². The second kappa shape index (κ2) is 3.09. The first-order valence-corrected chi connectivity index (χ1v) is 3.61. The van der Waals surface area contributed by atoms with Crippen molar-refractivity contribution in [3.8, 4) is 0 Å². The molecule has 1 aliphatic rings. The fourth-order valence-electron chi connectivity index (χ4n) is 1.34. The lowest BCUT2D eigenvalue weighted by atomic mass is 10.1. The molecule has 0 saturated heterocycles. The molecule has 76 valence electrons. The maximum absolute atomic E-state index is 13.1. The van der Waals surface area contributed by atoms with Crippen molar-refractivity contribution < 1.29 is 13.6 Å². The molecule has 0 atom stereocenters. The van der Waals surface area contributed by atoms with Crippen molar-refractivity contribution in [2.45, 2.75) is 5.92 Å². The zero-order valence-electron chi connectivity index (χ0n) is 6.88. The van der Waals surface area contributed by atoms with Crippen molar-refractivity contribution in [2.24, 2.45) is 0 Å². The molecule has 1 aromatic rings. The molecule has 0 aliphatic carbocycles. The smallest absolute Gasteiger partial charge is 0.354 e. The third kappa shape index (κ3) is 1.21. The summed E-state index contributed by atoms with van der Waals surface area (Å²) < 4.78 is 26.2. The molecule has 6 heteroatoms. The summed E-state index contributed by atoms with van der Waals surface area (Å²) in [6.07, 6.45) is 0. The van der Waals surface area contributed by atoms with Gasteiger partial charge < -0.3 is 11.1 Å². The van der Waals surface area contributed by atoms with E-state index in [0.717, 1.165) is 0 Å². The molecule has 0 radical (unpaired) electrons. The summed E-state index contributed by atoms with van der Waals surface area (Å²) in [6, 6.07) is 4.24. The first-order chi connectivity index (χ1) is 6.03. The molecule has 3 nitrogen and oxygen atoms in total. The number of benzene rings is 1. The lowest BCUT2D eigenvalue weighted by Gasteiger charge is -2.08. The number of nitrogens with two attached hydrogens (primary N) is 1. The molecule has 0 aromatic heterocycles. The van der Waals surface area contributed by atoms with Gasteiger partial charge in [-0.1, -0.05) is 6.07 Å². The number of carbonyl (C=O) groups excluding carboxylic acids is 1. The van der Waals surface area contributed by atoms with Gasteiger partial charge in [0.15, 0.2) is 0 Å². The number of anilines is 2. The van der Waals surface area contributed by atoms with Gasteiger partial charge in [-0.05, 0) is 12.1 Å². The third-order valence-corrected chi connectivity index (χ3v) is 1.94. The van der Waals surface area contributed by atoms with Crippen LogP contribution in [-0.2, 0) is 10.7 Å². The van der Waals surface area contributed by atoms with Gasteiger partial charge in [-0.25, -0.2) is 0 Å². The summed E-state index contributed by atoms with van der Waals surface area (Å²) in [5, 5.41) is 2.06. The van der Waals surface area contributed by atoms with Crippen LogP contribution in [-0.4, -0.2) is 5.91 Å². The number of nitrogens with one attached hydrogen (secondary N) is 1. The van der Waals surface area contributed by atoms with Gasteiger partial charge in [0, 0.05) is 5.69 Å². The number of fused-ring (bicyclic) bond motifs is 1. The molecule has 2 rings (SSSR count). The molecule has 3 N–H and O–H groups in total. The van der Waals surface area contributed by atoms with Crippen molar-refractivity contribution in [3.05, 3.63) is 23.8 Å². The monoisotopic (exact) mass is 220 g/mol. The van der Waals surface area contributed by atoms with Gasteiger partial charge in [0.1, 0.15) is 0 Å². The van der Waals surface area contributed by atoms with Gasteiger partial charge in [-0.3, -0.25) is 4.79 Å². The molecular weight excluding hydrogens is 214 g/mol. The van der Waals surface area contributed by atoms with Gasteiger partial charge in [0.05, 0.1) is 11.3 Å². The summed E-state index contributed by atoms with van der Waals surface area (Å²) >= 11 is 0. The van der Waals surface area contributed by atoms with Crippen LogP contribution in [0, 0.1) is 0 Å². The SMILES string of the molecule is Cl.Nc1cccc2c1C(F)(F)C(=O)N2. The Kier molecular flexibility index (Phi) is 2.37. The van der Waals surface area contributed by atoms with E-state index in [1.807, 2.05) is 0 Å². The Bertz CT molecular complexity index is 395. The van der Waals surface area contributed by atoms with Gasteiger partial charge in [0.2, 0.25) is 0 Å². The highest BCUT2D eigenvalue weighted by molar-refractivity contribution is 6.05. The fourth-order valence-corrected chi connectivity index (χ4v) is 1.34. The minimum atomic E-state index is -3.50. The van der Waals surface area contributed by atoms with E-state index in [-0.39, 0.29) is 23.8 Å². The molecule has 1 aromatic carbocycles. The van der Waals surface area contributed by atoms with Crippen LogP contribution in [0.1, 0.15) is 5.56 Å². The number of hydrogen-bond donors (Lipinski definition) is 2. The lowest BCUT2D eigenvalue weighted by molar-refractivity contribution is -0.139. The fraction of sp³-hybridized carbons (Fsp3) is 0.125. The second-order valence-corrected chi connectivity index (χ2v) is 2.80. The van der Waals surface area contributed by atoms with Crippen LogP contribution < -0.4 is 11.1 Å². The Morgan fingerprint density at radius 3 is 2.57 bits per heavy atom. The second-order valence-electron chi connectivity index (χ2n) is 2.80. The van der Waals surface area contributed by atoms with Gasteiger partial charge in [-0.2, -0.15) is 8.78 Å². The summed E-state index contributed by atoms with van der Waals surface area (Å²) in [5.74, 6) is -4.82. The molecule has 0 spiro atoms. The zero-order chi connectivity index (χ0) is 9.64.